The number of nitrogens with one attached hydrogen (secondary N) is 1. The van der Waals surface area contributed by atoms with Gasteiger partial charge in [0.25, 0.3) is 5.91 Å². The minimum absolute atomic E-state index is 0.0272. The van der Waals surface area contributed by atoms with Crippen LogP contribution >= 0.6 is 0 Å². The van der Waals surface area contributed by atoms with Gasteiger partial charge in [-0.15, -0.1) is 0 Å². The minimum atomic E-state index is -3.69. The van der Waals surface area contributed by atoms with Gasteiger partial charge < -0.3 is 5.32 Å². The average Bonchev–Trinajstić information content (AvgIpc) is 2.64. The lowest BCUT2D eigenvalue weighted by molar-refractivity contribution is 0.0939. The van der Waals surface area contributed by atoms with E-state index in [0.717, 1.165) is 12.1 Å². The number of hydrogen-bond donors (Lipinski definition) is 1. The molecule has 2 rings (SSSR count). The molecule has 0 saturated heterocycles. The Morgan fingerprint density at radius 1 is 1.07 bits per heavy atom. The fraction of sp³-hybridized carbons (Fsp3) is 0.316. The molecule has 0 spiro atoms. The summed E-state index contributed by atoms with van der Waals surface area (Å²) in [6.07, 6.45) is 0. The van der Waals surface area contributed by atoms with Crippen molar-refractivity contribution in [1.29, 1.82) is 0 Å². The molecule has 27 heavy (non-hydrogen) atoms. The van der Waals surface area contributed by atoms with Crippen LogP contribution in [0.1, 0.15) is 42.7 Å². The summed E-state index contributed by atoms with van der Waals surface area (Å²) in [5.41, 5.74) is 0.562. The summed E-state index contributed by atoms with van der Waals surface area (Å²) in [6.45, 7) is 5.74. The van der Waals surface area contributed by atoms with Crippen molar-refractivity contribution in [2.45, 2.75) is 31.7 Å². The van der Waals surface area contributed by atoms with Crippen LogP contribution < -0.4 is 5.32 Å². The lowest BCUT2D eigenvalue weighted by Gasteiger charge is -2.19. The zero-order valence-corrected chi connectivity index (χ0v) is 16.2. The molecule has 2 aromatic rings. The first kappa shape index (κ1) is 21.0. The van der Waals surface area contributed by atoms with Gasteiger partial charge in [0, 0.05) is 18.7 Å². The molecule has 0 radical (unpaired) electrons. The third-order valence-corrected chi connectivity index (χ3v) is 6.28. The molecule has 0 aromatic heterocycles. The zero-order valence-electron chi connectivity index (χ0n) is 15.4. The van der Waals surface area contributed by atoms with Crippen LogP contribution in [0, 0.1) is 11.6 Å². The van der Waals surface area contributed by atoms with E-state index >= 15 is 0 Å². The van der Waals surface area contributed by atoms with E-state index in [1.54, 1.807) is 20.8 Å². The molecule has 146 valence electrons. The Morgan fingerprint density at radius 3 is 2.33 bits per heavy atom. The Bertz CT molecular complexity index is 928. The second-order valence-electron chi connectivity index (χ2n) is 5.99. The predicted octanol–water partition coefficient (Wildman–Crippen LogP) is 3.49. The molecule has 2 aromatic carbocycles. The maximum atomic E-state index is 13.4. The van der Waals surface area contributed by atoms with E-state index in [4.69, 9.17) is 0 Å². The van der Waals surface area contributed by atoms with Crippen molar-refractivity contribution in [2.75, 3.05) is 13.1 Å². The molecule has 8 heteroatoms. The van der Waals surface area contributed by atoms with Gasteiger partial charge in [-0.25, -0.2) is 17.2 Å². The van der Waals surface area contributed by atoms with E-state index in [1.165, 1.54) is 34.6 Å². The summed E-state index contributed by atoms with van der Waals surface area (Å²) in [5, 5.41) is 2.66. The molecule has 1 atom stereocenters. The minimum Gasteiger partial charge on any atom is -0.346 e. The number of benzene rings is 2. The van der Waals surface area contributed by atoms with Crippen LogP contribution in [0.15, 0.2) is 47.4 Å². The van der Waals surface area contributed by atoms with E-state index in [9.17, 15) is 22.0 Å². The molecular formula is C19H22F2N2O3S. The maximum absolute atomic E-state index is 13.4. The molecule has 0 saturated carbocycles. The van der Waals surface area contributed by atoms with Crippen LogP contribution in [0.3, 0.4) is 0 Å². The molecule has 5 nitrogen and oxygen atoms in total. The van der Waals surface area contributed by atoms with Gasteiger partial charge in [-0.05, 0) is 42.8 Å². The Morgan fingerprint density at radius 2 is 1.74 bits per heavy atom. The van der Waals surface area contributed by atoms with Crippen molar-refractivity contribution in [3.05, 3.63) is 65.2 Å². The number of rotatable bonds is 7. The highest BCUT2D eigenvalue weighted by atomic mass is 32.2. The summed E-state index contributed by atoms with van der Waals surface area (Å²) in [5.74, 6) is -2.48. The first-order chi connectivity index (χ1) is 12.7. The van der Waals surface area contributed by atoms with Gasteiger partial charge in [0.15, 0.2) is 11.6 Å². The van der Waals surface area contributed by atoms with Crippen molar-refractivity contribution in [3.63, 3.8) is 0 Å². The van der Waals surface area contributed by atoms with Crippen molar-refractivity contribution in [3.8, 4) is 0 Å². The van der Waals surface area contributed by atoms with E-state index in [0.29, 0.717) is 18.7 Å². The molecule has 0 fully saturated rings. The molecule has 1 amide bonds. The third-order valence-electron chi connectivity index (χ3n) is 4.23. The summed E-state index contributed by atoms with van der Waals surface area (Å²) in [4.78, 5) is 12.5. The molecule has 0 unspecified atom stereocenters. The van der Waals surface area contributed by atoms with E-state index in [2.05, 4.69) is 5.32 Å². The number of hydrogen-bond acceptors (Lipinski definition) is 3. The topological polar surface area (TPSA) is 66.5 Å². The molecule has 0 aliphatic rings. The number of carbonyl (C=O) groups excluding carboxylic acids is 1. The quantitative estimate of drug-likeness (QED) is 0.779. The van der Waals surface area contributed by atoms with Gasteiger partial charge in [0.1, 0.15) is 0 Å². The molecule has 0 heterocycles. The Balaban J connectivity index is 2.23. The van der Waals surface area contributed by atoms with Crippen molar-refractivity contribution >= 4 is 15.9 Å². The van der Waals surface area contributed by atoms with Crippen LogP contribution in [-0.2, 0) is 10.0 Å². The average molecular weight is 396 g/mol. The summed E-state index contributed by atoms with van der Waals surface area (Å²) in [7, 11) is -3.69. The van der Waals surface area contributed by atoms with Crippen LogP contribution in [-0.4, -0.2) is 31.7 Å². The lowest BCUT2D eigenvalue weighted by Crippen LogP contribution is -2.31. The van der Waals surface area contributed by atoms with Crippen LogP contribution in [0.25, 0.3) is 0 Å². The number of nitrogens with zero attached hydrogens (tertiary/aromatic N) is 1. The van der Waals surface area contributed by atoms with Crippen molar-refractivity contribution < 1.29 is 22.0 Å². The lowest BCUT2D eigenvalue weighted by atomic mass is 10.1. The van der Waals surface area contributed by atoms with Gasteiger partial charge in [-0.1, -0.05) is 26.0 Å². The smallest absolute Gasteiger partial charge is 0.251 e. The SMILES string of the molecule is CCN(CC)S(=O)(=O)c1cccc(C(=O)N[C@H](C)c2ccc(F)c(F)c2)c1. The first-order valence-electron chi connectivity index (χ1n) is 8.56. The molecular weight excluding hydrogens is 374 g/mol. The van der Waals surface area contributed by atoms with E-state index in [1.807, 2.05) is 0 Å². The Labute approximate surface area is 158 Å². The molecule has 0 aliphatic heterocycles. The highest BCUT2D eigenvalue weighted by molar-refractivity contribution is 7.89. The third kappa shape index (κ3) is 4.70. The highest BCUT2D eigenvalue weighted by Gasteiger charge is 2.23. The Hall–Kier alpha value is -2.32. The van der Waals surface area contributed by atoms with Crippen LogP contribution in [0.5, 0.6) is 0 Å². The summed E-state index contributed by atoms with van der Waals surface area (Å²) in [6, 6.07) is 8.53. The first-order valence-corrected chi connectivity index (χ1v) is 10.0. The second kappa shape index (κ2) is 8.58. The van der Waals surface area contributed by atoms with Gasteiger partial charge in [-0.3, -0.25) is 4.79 Å². The van der Waals surface area contributed by atoms with Crippen LogP contribution in [0.4, 0.5) is 8.78 Å². The van der Waals surface area contributed by atoms with Gasteiger partial charge in [-0.2, -0.15) is 4.31 Å². The highest BCUT2D eigenvalue weighted by Crippen LogP contribution is 2.19. The fourth-order valence-electron chi connectivity index (χ4n) is 2.66. The van der Waals surface area contributed by atoms with Crippen molar-refractivity contribution in [1.82, 2.24) is 9.62 Å². The van der Waals surface area contributed by atoms with Gasteiger partial charge >= 0.3 is 0 Å². The Kier molecular flexibility index (Phi) is 6.67. The standard InChI is InChI=1S/C19H22F2N2O3S/c1-4-23(5-2)27(25,26)16-8-6-7-15(11-16)19(24)22-13(3)14-9-10-17(20)18(21)12-14/h6-13H,4-5H2,1-3H3,(H,22,24)/t13-/m1/s1. The summed E-state index contributed by atoms with van der Waals surface area (Å²) < 4.78 is 52.9. The predicted molar refractivity (Wildman–Crippen MR) is 98.8 cm³/mol. The molecule has 0 aliphatic carbocycles. The maximum Gasteiger partial charge on any atom is 0.251 e. The number of amides is 1. The van der Waals surface area contributed by atoms with E-state index in [-0.39, 0.29) is 10.5 Å². The number of sulfonamides is 1. The summed E-state index contributed by atoms with van der Waals surface area (Å²) >= 11 is 0. The normalized spacial score (nSPS) is 12.8. The number of halogens is 2. The van der Waals surface area contributed by atoms with Gasteiger partial charge in [0.05, 0.1) is 10.9 Å². The molecule has 1 N–H and O–H groups in total. The number of carbonyl (C=O) groups is 1. The fourth-order valence-corrected chi connectivity index (χ4v) is 4.16. The zero-order chi connectivity index (χ0) is 20.2. The van der Waals surface area contributed by atoms with Crippen LogP contribution in [0.2, 0.25) is 0 Å². The molecule has 0 bridgehead atoms. The largest absolute Gasteiger partial charge is 0.346 e. The van der Waals surface area contributed by atoms with Gasteiger partial charge in [0.2, 0.25) is 10.0 Å². The van der Waals surface area contributed by atoms with Crippen molar-refractivity contribution in [2.24, 2.45) is 0 Å². The second-order valence-corrected chi connectivity index (χ2v) is 7.92. The van der Waals surface area contributed by atoms with E-state index < -0.39 is 33.6 Å². The monoisotopic (exact) mass is 396 g/mol.